The Hall–Kier alpha value is -2.00. The minimum Gasteiger partial charge on any atom is -0.306 e. The molecule has 2 nitrogen and oxygen atoms in total. The molecule has 0 radical (unpaired) electrons. The zero-order valence-corrected chi connectivity index (χ0v) is 20.0. The summed E-state index contributed by atoms with van der Waals surface area (Å²) < 4.78 is 14.0. The summed E-state index contributed by atoms with van der Waals surface area (Å²) in [6.07, 6.45) is 4.93. The summed E-state index contributed by atoms with van der Waals surface area (Å²) >= 11 is 0. The van der Waals surface area contributed by atoms with E-state index in [-0.39, 0.29) is 11.7 Å². The molecule has 1 aliphatic rings. The van der Waals surface area contributed by atoms with Gasteiger partial charge in [-0.05, 0) is 94.3 Å². The summed E-state index contributed by atoms with van der Waals surface area (Å²) in [5.74, 6) is 0.787. The number of carbonyl (C=O) groups is 1. The molecular weight excluding hydrogens is 385 g/mol. The van der Waals surface area contributed by atoms with Crippen molar-refractivity contribution >= 4 is 5.78 Å². The molecule has 3 rings (SSSR count). The van der Waals surface area contributed by atoms with E-state index in [1.807, 2.05) is 31.2 Å². The molecule has 0 heterocycles. The standard InChI is InChI=1S/C28H38FNO/c1-19-17-22(11-15-26(19)23-10-14-25(18-23)30(5)6)20(2)27(31)16-9-21-7-12-24(13-8-21)28(3,4)29/h7-8,11-13,15,17,20,23,25H,9-10,14,16,18H2,1-6H3/t20?,23?,25-/m1/s1. The van der Waals surface area contributed by atoms with Crippen molar-refractivity contribution in [2.24, 2.45) is 0 Å². The van der Waals surface area contributed by atoms with Crippen LogP contribution in [0.25, 0.3) is 0 Å². The maximum atomic E-state index is 14.0. The highest BCUT2D eigenvalue weighted by Crippen LogP contribution is 2.38. The minimum absolute atomic E-state index is 0.102. The van der Waals surface area contributed by atoms with Gasteiger partial charge in [0.05, 0.1) is 0 Å². The van der Waals surface area contributed by atoms with E-state index < -0.39 is 5.67 Å². The molecular formula is C28H38FNO. The van der Waals surface area contributed by atoms with E-state index in [1.165, 1.54) is 30.4 Å². The third-order valence-electron chi connectivity index (χ3n) is 7.15. The average Bonchev–Trinajstić information content (AvgIpc) is 3.21. The Morgan fingerprint density at radius 1 is 1.13 bits per heavy atom. The second-order valence-electron chi connectivity index (χ2n) is 10.1. The molecule has 168 valence electrons. The van der Waals surface area contributed by atoms with Gasteiger partial charge >= 0.3 is 0 Å². The van der Waals surface area contributed by atoms with Crippen LogP contribution in [0.15, 0.2) is 42.5 Å². The van der Waals surface area contributed by atoms with Gasteiger partial charge in [-0.3, -0.25) is 4.79 Å². The van der Waals surface area contributed by atoms with Crippen LogP contribution in [0.4, 0.5) is 4.39 Å². The molecule has 31 heavy (non-hydrogen) atoms. The lowest BCUT2D eigenvalue weighted by molar-refractivity contribution is -0.120. The monoisotopic (exact) mass is 423 g/mol. The first kappa shape index (κ1) is 23.7. The molecule has 0 aliphatic heterocycles. The molecule has 0 amide bonds. The Morgan fingerprint density at radius 3 is 2.35 bits per heavy atom. The van der Waals surface area contributed by atoms with E-state index in [0.717, 1.165) is 11.1 Å². The van der Waals surface area contributed by atoms with Crippen LogP contribution in [-0.2, 0) is 16.9 Å². The maximum absolute atomic E-state index is 14.0. The Kier molecular flexibility index (Phi) is 7.36. The molecule has 1 fully saturated rings. The lowest BCUT2D eigenvalue weighted by atomic mass is 9.87. The molecule has 2 aromatic carbocycles. The van der Waals surface area contributed by atoms with Gasteiger partial charge in [-0.2, -0.15) is 0 Å². The van der Waals surface area contributed by atoms with Gasteiger partial charge in [-0.1, -0.05) is 49.4 Å². The summed E-state index contributed by atoms with van der Waals surface area (Å²) in [6, 6.07) is 14.9. The normalized spacial score (nSPS) is 20.3. The van der Waals surface area contributed by atoms with Gasteiger partial charge < -0.3 is 4.90 Å². The summed E-state index contributed by atoms with van der Waals surface area (Å²) in [5.41, 5.74) is 4.29. The number of hydrogen-bond acceptors (Lipinski definition) is 2. The third-order valence-corrected chi connectivity index (χ3v) is 7.15. The van der Waals surface area contributed by atoms with E-state index in [2.05, 4.69) is 44.1 Å². The fourth-order valence-corrected chi connectivity index (χ4v) is 4.87. The molecule has 0 bridgehead atoms. The minimum atomic E-state index is -1.33. The summed E-state index contributed by atoms with van der Waals surface area (Å²) in [4.78, 5) is 15.2. The highest BCUT2D eigenvalue weighted by atomic mass is 19.1. The molecule has 0 N–H and O–H groups in total. The van der Waals surface area contributed by atoms with Crippen molar-refractivity contribution in [2.75, 3.05) is 14.1 Å². The van der Waals surface area contributed by atoms with Gasteiger partial charge in [-0.25, -0.2) is 4.39 Å². The van der Waals surface area contributed by atoms with Gasteiger partial charge in [0.25, 0.3) is 0 Å². The number of ketones is 1. The number of nitrogens with zero attached hydrogens (tertiary/aromatic N) is 1. The molecule has 3 atom stereocenters. The maximum Gasteiger partial charge on any atom is 0.140 e. The quantitative estimate of drug-likeness (QED) is 0.471. The first-order valence-electron chi connectivity index (χ1n) is 11.6. The van der Waals surface area contributed by atoms with Crippen LogP contribution < -0.4 is 0 Å². The number of Topliss-reactive ketones (excluding diaryl/α,β-unsaturated/α-hetero) is 1. The average molecular weight is 424 g/mol. The van der Waals surface area contributed by atoms with E-state index >= 15 is 0 Å². The Labute approximate surface area is 187 Å². The molecule has 0 saturated heterocycles. The van der Waals surface area contributed by atoms with Crippen LogP contribution in [0.5, 0.6) is 0 Å². The predicted molar refractivity (Wildman–Crippen MR) is 128 cm³/mol. The van der Waals surface area contributed by atoms with Crippen molar-refractivity contribution in [1.82, 2.24) is 4.90 Å². The highest BCUT2D eigenvalue weighted by molar-refractivity contribution is 5.85. The number of halogens is 1. The van der Waals surface area contributed by atoms with Crippen molar-refractivity contribution in [3.63, 3.8) is 0 Å². The molecule has 2 unspecified atom stereocenters. The first-order valence-corrected chi connectivity index (χ1v) is 11.6. The second-order valence-corrected chi connectivity index (χ2v) is 10.1. The molecule has 0 aromatic heterocycles. The van der Waals surface area contributed by atoms with Crippen molar-refractivity contribution in [1.29, 1.82) is 0 Å². The topological polar surface area (TPSA) is 20.3 Å². The van der Waals surface area contributed by atoms with Crippen molar-refractivity contribution in [3.8, 4) is 0 Å². The predicted octanol–water partition coefficient (Wildman–Crippen LogP) is 6.70. The number of rotatable bonds is 8. The van der Waals surface area contributed by atoms with Gasteiger partial charge in [0.2, 0.25) is 0 Å². The lowest BCUT2D eigenvalue weighted by Crippen LogP contribution is -2.24. The van der Waals surface area contributed by atoms with Gasteiger partial charge in [0.15, 0.2) is 0 Å². The molecule has 1 saturated carbocycles. The van der Waals surface area contributed by atoms with Crippen molar-refractivity contribution in [2.45, 2.75) is 83.3 Å². The van der Waals surface area contributed by atoms with Crippen LogP contribution in [-0.4, -0.2) is 30.8 Å². The van der Waals surface area contributed by atoms with Crippen molar-refractivity contribution < 1.29 is 9.18 Å². The summed E-state index contributed by atoms with van der Waals surface area (Å²) in [7, 11) is 4.35. The number of aryl methyl sites for hydroxylation is 2. The SMILES string of the molecule is Cc1cc(C(C)C(=O)CCc2ccc(C(C)(C)F)cc2)ccc1C1CC[C@@H](N(C)C)C1. The van der Waals surface area contributed by atoms with Crippen LogP contribution in [0, 0.1) is 6.92 Å². The number of alkyl halides is 1. The van der Waals surface area contributed by atoms with Crippen molar-refractivity contribution in [3.05, 3.63) is 70.3 Å². The number of hydrogen-bond donors (Lipinski definition) is 0. The van der Waals surface area contributed by atoms with E-state index in [1.54, 1.807) is 13.8 Å². The molecule has 1 aliphatic carbocycles. The fourth-order valence-electron chi connectivity index (χ4n) is 4.87. The van der Waals surface area contributed by atoms with Crippen LogP contribution >= 0.6 is 0 Å². The highest BCUT2D eigenvalue weighted by Gasteiger charge is 2.28. The first-order chi connectivity index (χ1) is 14.6. The van der Waals surface area contributed by atoms with E-state index in [4.69, 9.17) is 0 Å². The van der Waals surface area contributed by atoms with E-state index in [9.17, 15) is 9.18 Å². The Bertz CT molecular complexity index is 894. The lowest BCUT2D eigenvalue weighted by Gasteiger charge is -2.20. The number of carbonyl (C=O) groups excluding carboxylic acids is 1. The van der Waals surface area contributed by atoms with Crippen LogP contribution in [0.1, 0.15) is 86.1 Å². The molecule has 2 aromatic rings. The van der Waals surface area contributed by atoms with E-state index in [0.29, 0.717) is 30.4 Å². The number of benzene rings is 2. The summed E-state index contributed by atoms with van der Waals surface area (Å²) in [5, 5.41) is 0. The van der Waals surface area contributed by atoms with Gasteiger partial charge in [0.1, 0.15) is 11.5 Å². The Balaban J connectivity index is 1.60. The second kappa shape index (κ2) is 9.65. The fraction of sp³-hybridized carbons (Fsp3) is 0.536. The smallest absolute Gasteiger partial charge is 0.140 e. The van der Waals surface area contributed by atoms with Crippen LogP contribution in [0.2, 0.25) is 0 Å². The molecule has 3 heteroatoms. The third kappa shape index (κ3) is 5.83. The summed E-state index contributed by atoms with van der Waals surface area (Å²) in [6.45, 7) is 7.33. The zero-order chi connectivity index (χ0) is 22.8. The Morgan fingerprint density at radius 2 is 1.81 bits per heavy atom. The van der Waals surface area contributed by atoms with Crippen LogP contribution in [0.3, 0.4) is 0 Å². The molecule has 0 spiro atoms. The van der Waals surface area contributed by atoms with Gasteiger partial charge in [-0.15, -0.1) is 0 Å². The zero-order valence-electron chi connectivity index (χ0n) is 20.0. The van der Waals surface area contributed by atoms with Gasteiger partial charge in [0, 0.05) is 18.4 Å². The largest absolute Gasteiger partial charge is 0.306 e.